The van der Waals surface area contributed by atoms with E-state index in [2.05, 4.69) is 11.9 Å². The van der Waals surface area contributed by atoms with E-state index in [0.717, 1.165) is 6.21 Å². The van der Waals surface area contributed by atoms with E-state index in [0.29, 0.717) is 17.0 Å². The van der Waals surface area contributed by atoms with Crippen LogP contribution in [0, 0.1) is 5.41 Å². The minimum Gasteiger partial charge on any atom is -0.402 e. The number of nitrogens with one attached hydrogen (secondary N) is 2. The summed E-state index contributed by atoms with van der Waals surface area (Å²) in [7, 11) is 0. The van der Waals surface area contributed by atoms with Crippen LogP contribution < -0.4 is 11.1 Å². The first-order valence-electron chi connectivity index (χ1n) is 3.42. The van der Waals surface area contributed by atoms with Crippen LogP contribution in [0.15, 0.2) is 23.5 Å². The van der Waals surface area contributed by atoms with Gasteiger partial charge in [0.1, 0.15) is 0 Å². The van der Waals surface area contributed by atoms with Crippen LogP contribution in [0.25, 0.3) is 0 Å². The van der Waals surface area contributed by atoms with Gasteiger partial charge in [0, 0.05) is 30.1 Å². The summed E-state index contributed by atoms with van der Waals surface area (Å²) < 4.78 is 0. The Morgan fingerprint density at radius 1 is 1.58 bits per heavy atom. The fourth-order valence-electron chi connectivity index (χ4n) is 0.719. The maximum Gasteiger partial charge on any atom is 0.221 e. The average Bonchev–Trinajstić information content (AvgIpc) is 1.85. The molecule has 66 valence electrons. The molecule has 0 rings (SSSR count). The van der Waals surface area contributed by atoms with Crippen LogP contribution in [0.3, 0.4) is 0 Å². The van der Waals surface area contributed by atoms with Gasteiger partial charge >= 0.3 is 0 Å². The van der Waals surface area contributed by atoms with Gasteiger partial charge in [-0.05, 0) is 6.92 Å². The van der Waals surface area contributed by atoms with Gasteiger partial charge in [0.15, 0.2) is 0 Å². The smallest absolute Gasteiger partial charge is 0.221 e. The van der Waals surface area contributed by atoms with Gasteiger partial charge in [-0.3, -0.25) is 4.79 Å². The van der Waals surface area contributed by atoms with E-state index in [4.69, 9.17) is 11.1 Å². The summed E-state index contributed by atoms with van der Waals surface area (Å²) in [4.78, 5) is 10.6. The van der Waals surface area contributed by atoms with Crippen LogP contribution in [0.1, 0.15) is 13.8 Å². The second kappa shape index (κ2) is 4.33. The van der Waals surface area contributed by atoms with Gasteiger partial charge in [-0.15, -0.1) is 0 Å². The van der Waals surface area contributed by atoms with E-state index in [1.807, 2.05) is 0 Å². The lowest BCUT2D eigenvalue weighted by molar-refractivity contribution is -0.118. The first-order chi connectivity index (χ1) is 5.49. The van der Waals surface area contributed by atoms with Crippen molar-refractivity contribution in [2.75, 3.05) is 0 Å². The van der Waals surface area contributed by atoms with Gasteiger partial charge in [0.05, 0.1) is 0 Å². The average molecular weight is 167 g/mol. The molecule has 0 saturated heterocycles. The molecule has 0 unspecified atom stereocenters. The summed E-state index contributed by atoms with van der Waals surface area (Å²) in [6.45, 7) is 6.59. The van der Waals surface area contributed by atoms with Crippen LogP contribution >= 0.6 is 0 Å². The van der Waals surface area contributed by atoms with Gasteiger partial charge in [-0.2, -0.15) is 0 Å². The van der Waals surface area contributed by atoms with Crippen molar-refractivity contribution in [3.05, 3.63) is 23.5 Å². The molecule has 1 amide bonds. The maximum atomic E-state index is 10.6. The highest BCUT2D eigenvalue weighted by Crippen LogP contribution is 2.03. The quantitative estimate of drug-likeness (QED) is 0.423. The molecule has 4 nitrogen and oxygen atoms in total. The third-order valence-electron chi connectivity index (χ3n) is 1.22. The normalized spacial score (nSPS) is 11.5. The van der Waals surface area contributed by atoms with Crippen molar-refractivity contribution in [2.45, 2.75) is 13.8 Å². The first-order valence-corrected chi connectivity index (χ1v) is 3.42. The lowest BCUT2D eigenvalue weighted by Crippen LogP contribution is -2.21. The first kappa shape index (κ1) is 10.4. The molecule has 0 radical (unpaired) electrons. The predicted molar refractivity (Wildman–Crippen MR) is 48.6 cm³/mol. The minimum absolute atomic E-state index is 0.222. The molecule has 4 N–H and O–H groups in total. The molecule has 0 aliphatic heterocycles. The van der Waals surface area contributed by atoms with Gasteiger partial charge in [-0.1, -0.05) is 6.58 Å². The highest BCUT2D eigenvalue weighted by Gasteiger charge is 2.03. The van der Waals surface area contributed by atoms with E-state index in [1.165, 1.54) is 6.92 Å². The zero-order chi connectivity index (χ0) is 9.72. The number of hydrogen-bond acceptors (Lipinski definition) is 3. The van der Waals surface area contributed by atoms with Gasteiger partial charge < -0.3 is 16.5 Å². The number of nitrogens with two attached hydrogens (primary N) is 1. The van der Waals surface area contributed by atoms with E-state index >= 15 is 0 Å². The molecular formula is C8H13N3O. The zero-order valence-electron chi connectivity index (χ0n) is 7.27. The third kappa shape index (κ3) is 3.01. The van der Waals surface area contributed by atoms with Crippen molar-refractivity contribution in [1.29, 1.82) is 5.41 Å². The van der Waals surface area contributed by atoms with Crippen molar-refractivity contribution in [3.8, 4) is 0 Å². The number of rotatable bonds is 3. The number of amides is 1. The second-order valence-corrected chi connectivity index (χ2v) is 2.40. The Balaban J connectivity index is 4.56. The van der Waals surface area contributed by atoms with Crippen LogP contribution in [0.5, 0.6) is 0 Å². The van der Waals surface area contributed by atoms with Crippen molar-refractivity contribution < 1.29 is 4.79 Å². The number of carbonyl (C=O) groups is 1. The molecule has 0 aromatic rings. The Morgan fingerprint density at radius 2 is 2.08 bits per heavy atom. The summed E-state index contributed by atoms with van der Waals surface area (Å²) >= 11 is 0. The fourth-order valence-corrected chi connectivity index (χ4v) is 0.719. The molecule has 0 aromatic heterocycles. The van der Waals surface area contributed by atoms with Gasteiger partial charge in [-0.25, -0.2) is 0 Å². The molecule has 0 spiro atoms. The Hall–Kier alpha value is -1.58. The third-order valence-corrected chi connectivity index (χ3v) is 1.22. The van der Waals surface area contributed by atoms with Gasteiger partial charge in [0.25, 0.3) is 0 Å². The topological polar surface area (TPSA) is 79.0 Å². The summed E-state index contributed by atoms with van der Waals surface area (Å²) in [5.41, 5.74) is 6.71. The molecule has 0 heterocycles. The van der Waals surface area contributed by atoms with Crippen molar-refractivity contribution >= 4 is 12.1 Å². The van der Waals surface area contributed by atoms with E-state index in [9.17, 15) is 4.79 Å². The van der Waals surface area contributed by atoms with E-state index in [-0.39, 0.29) is 5.91 Å². The monoisotopic (exact) mass is 167 g/mol. The summed E-state index contributed by atoms with van der Waals surface area (Å²) in [6, 6.07) is 0. The predicted octanol–water partition coefficient (Wildman–Crippen LogP) is 0.518. The fraction of sp³-hybridized carbons (Fsp3) is 0.250. The van der Waals surface area contributed by atoms with Crippen LogP contribution in [0.4, 0.5) is 0 Å². The summed E-state index contributed by atoms with van der Waals surface area (Å²) in [5.74, 6) is -0.222. The molecule has 0 aliphatic rings. The Kier molecular flexibility index (Phi) is 3.76. The lowest BCUT2D eigenvalue weighted by atomic mass is 10.2. The van der Waals surface area contributed by atoms with Gasteiger partial charge in [0.2, 0.25) is 5.91 Å². The minimum atomic E-state index is -0.222. The summed E-state index contributed by atoms with van der Waals surface area (Å²) in [5, 5.41) is 9.44. The number of hydrogen-bond donors (Lipinski definition) is 3. The molecule has 0 bridgehead atoms. The molecule has 0 aliphatic carbocycles. The molecule has 0 aromatic carbocycles. The number of carbonyl (C=O) groups excluding carboxylic acids is 1. The molecule has 4 heteroatoms. The standard InChI is InChI=1S/C8H13N3O/c1-5(10)8(4-9)6(2)11-7(3)12/h4,9H,2,10H2,1,3H3,(H,11,12)/b8-5-,9-4?. The van der Waals surface area contributed by atoms with Crippen molar-refractivity contribution in [1.82, 2.24) is 5.32 Å². The van der Waals surface area contributed by atoms with Crippen LogP contribution in [-0.2, 0) is 4.79 Å². The SMILES string of the molecule is C=C(NC(C)=O)/C(C=N)=C(/C)N. The zero-order valence-corrected chi connectivity index (χ0v) is 7.27. The highest BCUT2D eigenvalue weighted by atomic mass is 16.1. The Labute approximate surface area is 71.7 Å². The molecule has 12 heavy (non-hydrogen) atoms. The summed E-state index contributed by atoms with van der Waals surface area (Å²) in [6.07, 6.45) is 1.06. The lowest BCUT2D eigenvalue weighted by Gasteiger charge is -2.07. The highest BCUT2D eigenvalue weighted by molar-refractivity contribution is 5.86. The maximum absolute atomic E-state index is 10.6. The van der Waals surface area contributed by atoms with Crippen molar-refractivity contribution in [2.24, 2.45) is 5.73 Å². The van der Waals surface area contributed by atoms with E-state index < -0.39 is 0 Å². The Morgan fingerprint density at radius 3 is 2.33 bits per heavy atom. The molecule has 0 fully saturated rings. The van der Waals surface area contributed by atoms with Crippen LogP contribution in [0.2, 0.25) is 0 Å². The largest absolute Gasteiger partial charge is 0.402 e. The molecular weight excluding hydrogens is 154 g/mol. The second-order valence-electron chi connectivity index (χ2n) is 2.40. The Bertz CT molecular complexity index is 249. The molecule has 0 atom stereocenters. The van der Waals surface area contributed by atoms with Crippen LogP contribution in [-0.4, -0.2) is 12.1 Å². The van der Waals surface area contributed by atoms with Crippen molar-refractivity contribution in [3.63, 3.8) is 0 Å². The van der Waals surface area contributed by atoms with E-state index in [1.54, 1.807) is 6.92 Å². The number of allylic oxidation sites excluding steroid dienone is 2. The molecule has 0 saturated carbocycles.